The number of rotatable bonds is 5. The van der Waals surface area contributed by atoms with E-state index in [1.165, 1.54) is 18.4 Å². The van der Waals surface area contributed by atoms with Crippen molar-refractivity contribution in [3.8, 4) is 5.75 Å². The van der Waals surface area contributed by atoms with E-state index in [1.54, 1.807) is 7.11 Å². The Morgan fingerprint density at radius 1 is 1.44 bits per heavy atom. The largest absolute Gasteiger partial charge is 0.496 e. The van der Waals surface area contributed by atoms with Crippen LogP contribution >= 0.6 is 11.6 Å². The van der Waals surface area contributed by atoms with Crippen molar-refractivity contribution in [2.75, 3.05) is 20.2 Å². The lowest BCUT2D eigenvalue weighted by Gasteiger charge is -2.48. The molecule has 1 saturated carbocycles. The molecule has 1 aromatic rings. The summed E-state index contributed by atoms with van der Waals surface area (Å²) < 4.78 is 5.51. The summed E-state index contributed by atoms with van der Waals surface area (Å²) in [4.78, 5) is 0. The number of methoxy groups -OCH3 is 1. The molecule has 0 atom stereocenters. The van der Waals surface area contributed by atoms with Gasteiger partial charge in [-0.3, -0.25) is 0 Å². The lowest BCUT2D eigenvalue weighted by Crippen LogP contribution is -2.48. The summed E-state index contributed by atoms with van der Waals surface area (Å²) in [6.07, 6.45) is 2.41. The highest BCUT2D eigenvalue weighted by Gasteiger charge is 2.44. The molecule has 0 saturated heterocycles. The molecule has 2 nitrogen and oxygen atoms in total. The molecule has 100 valence electrons. The highest BCUT2D eigenvalue weighted by molar-refractivity contribution is 6.30. The Morgan fingerprint density at radius 2 is 2.17 bits per heavy atom. The van der Waals surface area contributed by atoms with E-state index in [0.717, 1.165) is 29.8 Å². The second-order valence-corrected chi connectivity index (χ2v) is 5.86. The predicted octanol–water partition coefficient (Wildman–Crippen LogP) is 3.63. The molecule has 0 aromatic heterocycles. The Morgan fingerprint density at radius 3 is 2.72 bits per heavy atom. The van der Waals surface area contributed by atoms with E-state index in [2.05, 4.69) is 25.2 Å². The van der Waals surface area contributed by atoms with Gasteiger partial charge >= 0.3 is 0 Å². The first-order chi connectivity index (χ1) is 8.61. The van der Waals surface area contributed by atoms with Crippen molar-refractivity contribution in [2.45, 2.75) is 32.1 Å². The van der Waals surface area contributed by atoms with Crippen LogP contribution in [-0.2, 0) is 5.41 Å². The lowest BCUT2D eigenvalue weighted by molar-refractivity contribution is 0.149. The van der Waals surface area contributed by atoms with Crippen LogP contribution in [-0.4, -0.2) is 20.2 Å². The number of ether oxygens (including phenoxy) is 1. The number of nitrogens with one attached hydrogen (secondary N) is 1. The Hall–Kier alpha value is -0.730. The van der Waals surface area contributed by atoms with Gasteiger partial charge in [-0.05, 0) is 43.5 Å². The third kappa shape index (κ3) is 2.50. The first-order valence-corrected chi connectivity index (χ1v) is 7.04. The quantitative estimate of drug-likeness (QED) is 0.880. The van der Waals surface area contributed by atoms with Gasteiger partial charge in [-0.25, -0.2) is 0 Å². The van der Waals surface area contributed by atoms with E-state index < -0.39 is 0 Å². The second-order valence-electron chi connectivity index (χ2n) is 5.42. The van der Waals surface area contributed by atoms with Crippen molar-refractivity contribution >= 4 is 11.6 Å². The highest BCUT2D eigenvalue weighted by atomic mass is 35.5. The average molecular weight is 268 g/mol. The van der Waals surface area contributed by atoms with Crippen LogP contribution in [0.2, 0.25) is 5.02 Å². The summed E-state index contributed by atoms with van der Waals surface area (Å²) >= 11 is 6.16. The van der Waals surface area contributed by atoms with Crippen LogP contribution in [0.1, 0.15) is 32.3 Å². The maximum atomic E-state index is 6.16. The summed E-state index contributed by atoms with van der Waals surface area (Å²) in [5.41, 5.74) is 1.46. The molecule has 0 bridgehead atoms. The molecule has 1 aliphatic rings. The number of halogens is 1. The van der Waals surface area contributed by atoms with Gasteiger partial charge in [-0.2, -0.15) is 0 Å². The van der Waals surface area contributed by atoms with Gasteiger partial charge in [0.15, 0.2) is 0 Å². The van der Waals surface area contributed by atoms with Crippen molar-refractivity contribution in [1.29, 1.82) is 0 Å². The fourth-order valence-electron chi connectivity index (χ4n) is 3.19. The molecular weight excluding hydrogens is 246 g/mol. The van der Waals surface area contributed by atoms with E-state index in [4.69, 9.17) is 16.3 Å². The third-order valence-corrected chi connectivity index (χ3v) is 4.16. The Balaban J connectivity index is 2.33. The van der Waals surface area contributed by atoms with Crippen molar-refractivity contribution in [2.24, 2.45) is 5.92 Å². The number of benzene rings is 1. The molecular formula is C15H22ClNO. The van der Waals surface area contributed by atoms with Gasteiger partial charge in [0.05, 0.1) is 7.11 Å². The van der Waals surface area contributed by atoms with Crippen LogP contribution in [0.15, 0.2) is 18.2 Å². The van der Waals surface area contributed by atoms with Gasteiger partial charge in [0.1, 0.15) is 5.75 Å². The topological polar surface area (TPSA) is 21.3 Å². The molecule has 1 fully saturated rings. The maximum absolute atomic E-state index is 6.16. The van der Waals surface area contributed by atoms with Crippen LogP contribution in [0.4, 0.5) is 0 Å². The molecule has 0 aliphatic heterocycles. The highest BCUT2D eigenvalue weighted by Crippen LogP contribution is 2.50. The summed E-state index contributed by atoms with van der Waals surface area (Å²) in [5, 5.41) is 4.28. The second kappa shape index (κ2) is 5.50. The minimum atomic E-state index is 0.200. The molecule has 1 aliphatic carbocycles. The van der Waals surface area contributed by atoms with Crippen LogP contribution in [0.25, 0.3) is 0 Å². The van der Waals surface area contributed by atoms with Gasteiger partial charge in [-0.1, -0.05) is 25.4 Å². The number of hydrogen-bond acceptors (Lipinski definition) is 2. The van der Waals surface area contributed by atoms with Gasteiger partial charge < -0.3 is 10.1 Å². The van der Waals surface area contributed by atoms with E-state index in [1.807, 2.05) is 12.1 Å². The molecule has 2 rings (SSSR count). The van der Waals surface area contributed by atoms with Crippen LogP contribution < -0.4 is 10.1 Å². The summed E-state index contributed by atoms with van der Waals surface area (Å²) in [7, 11) is 1.73. The zero-order valence-corrected chi connectivity index (χ0v) is 12.2. The molecule has 0 spiro atoms. The van der Waals surface area contributed by atoms with Gasteiger partial charge in [-0.15, -0.1) is 0 Å². The zero-order valence-electron chi connectivity index (χ0n) is 11.4. The molecule has 0 heterocycles. The standard InChI is InChI=1S/C15H22ClNO/c1-4-17-10-15(8-11(2)9-15)13-7-12(16)5-6-14(13)18-3/h5-7,11,17H,4,8-10H2,1-3H3. The van der Waals surface area contributed by atoms with Crippen LogP contribution in [0.5, 0.6) is 5.75 Å². The third-order valence-electron chi connectivity index (χ3n) is 3.92. The fraction of sp³-hybridized carbons (Fsp3) is 0.600. The monoisotopic (exact) mass is 267 g/mol. The molecule has 0 amide bonds. The Kier molecular flexibility index (Phi) is 4.18. The molecule has 0 radical (unpaired) electrons. The summed E-state index contributed by atoms with van der Waals surface area (Å²) in [6.45, 7) is 6.45. The van der Waals surface area contributed by atoms with Gasteiger partial charge in [0.2, 0.25) is 0 Å². The first-order valence-electron chi connectivity index (χ1n) is 6.66. The minimum Gasteiger partial charge on any atom is -0.496 e. The number of hydrogen-bond donors (Lipinski definition) is 1. The number of likely N-dealkylation sites (N-methyl/N-ethyl adjacent to an activating group) is 1. The molecule has 18 heavy (non-hydrogen) atoms. The summed E-state index contributed by atoms with van der Waals surface area (Å²) in [5.74, 6) is 1.75. The molecule has 0 unspecified atom stereocenters. The van der Waals surface area contributed by atoms with Crippen LogP contribution in [0.3, 0.4) is 0 Å². The van der Waals surface area contributed by atoms with Crippen LogP contribution in [0, 0.1) is 5.92 Å². The van der Waals surface area contributed by atoms with E-state index >= 15 is 0 Å². The van der Waals surface area contributed by atoms with Crippen molar-refractivity contribution in [1.82, 2.24) is 5.32 Å². The predicted molar refractivity (Wildman–Crippen MR) is 76.6 cm³/mol. The molecule has 1 aromatic carbocycles. The van der Waals surface area contributed by atoms with Gasteiger partial charge in [0, 0.05) is 22.5 Å². The fourth-order valence-corrected chi connectivity index (χ4v) is 3.36. The van der Waals surface area contributed by atoms with Crippen molar-refractivity contribution < 1.29 is 4.74 Å². The maximum Gasteiger partial charge on any atom is 0.122 e. The van der Waals surface area contributed by atoms with E-state index in [0.29, 0.717) is 0 Å². The first kappa shape index (κ1) is 13.7. The average Bonchev–Trinajstić information content (AvgIpc) is 2.33. The van der Waals surface area contributed by atoms with Crippen molar-refractivity contribution in [3.05, 3.63) is 28.8 Å². The van der Waals surface area contributed by atoms with Crippen molar-refractivity contribution in [3.63, 3.8) is 0 Å². The summed E-state index contributed by atoms with van der Waals surface area (Å²) in [6, 6.07) is 5.95. The van der Waals surface area contributed by atoms with Gasteiger partial charge in [0.25, 0.3) is 0 Å². The Labute approximate surface area is 115 Å². The lowest BCUT2D eigenvalue weighted by atomic mass is 9.59. The van der Waals surface area contributed by atoms with E-state index in [-0.39, 0.29) is 5.41 Å². The Bertz CT molecular complexity index is 413. The molecule has 1 N–H and O–H groups in total. The zero-order chi connectivity index (χ0) is 13.2. The molecule has 3 heteroatoms. The van der Waals surface area contributed by atoms with E-state index in [9.17, 15) is 0 Å². The SMILES string of the molecule is CCNCC1(c2cc(Cl)ccc2OC)CC(C)C1. The minimum absolute atomic E-state index is 0.200. The smallest absolute Gasteiger partial charge is 0.122 e. The normalized spacial score (nSPS) is 26.8.